The van der Waals surface area contributed by atoms with Crippen LogP contribution in [0.2, 0.25) is 0 Å². The Kier molecular flexibility index (Phi) is 6.51. The van der Waals surface area contributed by atoms with Crippen molar-refractivity contribution in [2.75, 3.05) is 12.4 Å². The first-order chi connectivity index (χ1) is 11.8. The minimum atomic E-state index is -0.516. The molecule has 0 bridgehead atoms. The van der Waals surface area contributed by atoms with Crippen LogP contribution in [0.25, 0.3) is 0 Å². The maximum atomic E-state index is 12.3. The number of carbonyl (C=O) groups excluding carboxylic acids is 2. The van der Waals surface area contributed by atoms with Crippen molar-refractivity contribution in [2.24, 2.45) is 5.73 Å². The molecule has 4 N–H and O–H groups in total. The highest BCUT2D eigenvalue weighted by atomic mass is 79.9. The van der Waals surface area contributed by atoms with Crippen LogP contribution in [-0.2, 0) is 0 Å². The van der Waals surface area contributed by atoms with Crippen LogP contribution < -0.4 is 21.1 Å². The van der Waals surface area contributed by atoms with Gasteiger partial charge in [0.1, 0.15) is 5.75 Å². The zero-order valence-corrected chi connectivity index (χ0v) is 16.9. The van der Waals surface area contributed by atoms with E-state index >= 15 is 0 Å². The van der Waals surface area contributed by atoms with Gasteiger partial charge in [-0.1, -0.05) is 0 Å². The number of nitrogens with two attached hydrogens (primary N) is 1. The fourth-order valence-corrected chi connectivity index (χ4v) is 3.66. The van der Waals surface area contributed by atoms with Crippen LogP contribution in [0.1, 0.15) is 20.7 Å². The summed E-state index contributed by atoms with van der Waals surface area (Å²) in [5.74, 6) is -0.305. The molecule has 0 saturated carbocycles. The Labute approximate surface area is 166 Å². The minimum Gasteiger partial charge on any atom is -0.494 e. The number of anilines is 1. The molecule has 25 heavy (non-hydrogen) atoms. The third-order valence-electron chi connectivity index (χ3n) is 3.12. The summed E-state index contributed by atoms with van der Waals surface area (Å²) in [4.78, 5) is 23.4. The molecule has 0 unspecified atom stereocenters. The summed E-state index contributed by atoms with van der Waals surface area (Å²) in [7, 11) is 1.53. The Morgan fingerprint density at radius 1 is 1.08 bits per heavy atom. The number of primary amides is 1. The summed E-state index contributed by atoms with van der Waals surface area (Å²) in [5.41, 5.74) is 6.58. The number of nitrogens with one attached hydrogen (secondary N) is 2. The molecule has 2 aromatic carbocycles. The van der Waals surface area contributed by atoms with Gasteiger partial charge in [0.2, 0.25) is 5.91 Å². The molecule has 0 aromatic heterocycles. The van der Waals surface area contributed by atoms with Gasteiger partial charge in [-0.15, -0.1) is 0 Å². The van der Waals surface area contributed by atoms with E-state index in [2.05, 4.69) is 42.5 Å². The van der Waals surface area contributed by atoms with Crippen LogP contribution >= 0.6 is 44.1 Å². The van der Waals surface area contributed by atoms with Gasteiger partial charge in [-0.25, -0.2) is 0 Å². The number of methoxy groups -OCH3 is 1. The highest BCUT2D eigenvalue weighted by Crippen LogP contribution is 2.34. The molecule has 0 atom stereocenters. The third kappa shape index (κ3) is 5.00. The maximum absolute atomic E-state index is 12.3. The molecule has 0 radical (unpaired) electrons. The van der Waals surface area contributed by atoms with E-state index in [4.69, 9.17) is 22.7 Å². The van der Waals surface area contributed by atoms with Gasteiger partial charge in [0.25, 0.3) is 5.91 Å². The lowest BCUT2D eigenvalue weighted by Crippen LogP contribution is -2.34. The zero-order chi connectivity index (χ0) is 18.6. The maximum Gasteiger partial charge on any atom is 0.257 e. The molecule has 0 saturated heterocycles. The summed E-state index contributed by atoms with van der Waals surface area (Å²) >= 11 is 11.8. The highest BCUT2D eigenvalue weighted by molar-refractivity contribution is 9.11. The van der Waals surface area contributed by atoms with E-state index in [1.165, 1.54) is 7.11 Å². The van der Waals surface area contributed by atoms with Gasteiger partial charge in [-0.3, -0.25) is 14.9 Å². The number of carbonyl (C=O) groups is 2. The average Bonchev–Trinajstić information content (AvgIpc) is 2.54. The zero-order valence-electron chi connectivity index (χ0n) is 12.9. The molecular formula is C16H13Br2N3O3S. The van der Waals surface area contributed by atoms with Crippen molar-refractivity contribution in [3.63, 3.8) is 0 Å². The topological polar surface area (TPSA) is 93.4 Å². The van der Waals surface area contributed by atoms with E-state index in [9.17, 15) is 9.59 Å². The standard InChI is InChI=1S/C16H13Br2N3O3S/c1-24-13-11(17)6-9(7-12(13)18)15(23)21-16(25)20-10-4-2-8(3-5-10)14(19)22/h2-7H,1H3,(H2,19,22)(H2,20,21,23,25). The summed E-state index contributed by atoms with van der Waals surface area (Å²) < 4.78 is 6.47. The second kappa shape index (κ2) is 8.41. The number of rotatable bonds is 4. The quantitative estimate of drug-likeness (QED) is 0.575. The minimum absolute atomic E-state index is 0.125. The number of halogens is 2. The molecule has 0 aliphatic heterocycles. The van der Waals surface area contributed by atoms with Crippen LogP contribution in [0.3, 0.4) is 0 Å². The lowest BCUT2D eigenvalue weighted by atomic mass is 10.2. The van der Waals surface area contributed by atoms with E-state index in [0.29, 0.717) is 31.5 Å². The molecule has 0 aliphatic carbocycles. The largest absolute Gasteiger partial charge is 0.494 e. The van der Waals surface area contributed by atoms with Crippen molar-refractivity contribution >= 4 is 66.7 Å². The summed E-state index contributed by atoms with van der Waals surface area (Å²) in [6, 6.07) is 9.66. The number of ether oxygens (including phenoxy) is 1. The molecule has 0 fully saturated rings. The first-order valence-corrected chi connectivity index (χ1v) is 8.86. The second-order valence-electron chi connectivity index (χ2n) is 4.82. The van der Waals surface area contributed by atoms with E-state index in [1.54, 1.807) is 36.4 Å². The molecule has 2 amide bonds. The van der Waals surface area contributed by atoms with Crippen LogP contribution in [0, 0.1) is 0 Å². The van der Waals surface area contributed by atoms with E-state index < -0.39 is 5.91 Å². The number of benzene rings is 2. The van der Waals surface area contributed by atoms with Crippen LogP contribution in [0.4, 0.5) is 5.69 Å². The molecular weight excluding hydrogens is 474 g/mol. The van der Waals surface area contributed by atoms with Gasteiger partial charge >= 0.3 is 0 Å². The molecule has 6 nitrogen and oxygen atoms in total. The van der Waals surface area contributed by atoms with Crippen molar-refractivity contribution in [1.29, 1.82) is 0 Å². The van der Waals surface area contributed by atoms with Gasteiger partial charge in [0.15, 0.2) is 5.11 Å². The van der Waals surface area contributed by atoms with Crippen molar-refractivity contribution in [1.82, 2.24) is 5.32 Å². The lowest BCUT2D eigenvalue weighted by molar-refractivity contribution is 0.0975. The Morgan fingerprint density at radius 2 is 1.64 bits per heavy atom. The number of hydrogen-bond acceptors (Lipinski definition) is 4. The van der Waals surface area contributed by atoms with E-state index in [1.807, 2.05) is 0 Å². The normalized spacial score (nSPS) is 10.0. The molecule has 130 valence electrons. The molecule has 2 aromatic rings. The molecule has 0 heterocycles. The number of hydrogen-bond donors (Lipinski definition) is 3. The fraction of sp³-hybridized carbons (Fsp3) is 0.0625. The van der Waals surface area contributed by atoms with Gasteiger partial charge in [-0.2, -0.15) is 0 Å². The first-order valence-electron chi connectivity index (χ1n) is 6.87. The Bertz CT molecular complexity index is 818. The third-order valence-corrected chi connectivity index (χ3v) is 4.50. The molecule has 2 rings (SSSR count). The van der Waals surface area contributed by atoms with Gasteiger partial charge in [0, 0.05) is 16.8 Å². The smallest absolute Gasteiger partial charge is 0.257 e. The summed E-state index contributed by atoms with van der Waals surface area (Å²) in [6.45, 7) is 0. The molecule has 9 heteroatoms. The lowest BCUT2D eigenvalue weighted by Gasteiger charge is -2.12. The van der Waals surface area contributed by atoms with Crippen molar-refractivity contribution in [2.45, 2.75) is 0 Å². The van der Waals surface area contributed by atoms with Crippen molar-refractivity contribution in [3.8, 4) is 5.75 Å². The monoisotopic (exact) mass is 485 g/mol. The first kappa shape index (κ1) is 19.4. The predicted octanol–water partition coefficient (Wildman–Crippen LogP) is 3.45. The summed E-state index contributed by atoms with van der Waals surface area (Å²) in [5, 5.41) is 5.57. The van der Waals surface area contributed by atoms with Gasteiger partial charge in [0.05, 0.1) is 16.1 Å². The van der Waals surface area contributed by atoms with Crippen LogP contribution in [-0.4, -0.2) is 24.0 Å². The summed E-state index contributed by atoms with van der Waals surface area (Å²) in [6.07, 6.45) is 0. The fourth-order valence-electron chi connectivity index (χ4n) is 1.94. The Hall–Kier alpha value is -1.97. The van der Waals surface area contributed by atoms with Crippen LogP contribution in [0.5, 0.6) is 5.75 Å². The van der Waals surface area contributed by atoms with Crippen molar-refractivity contribution in [3.05, 3.63) is 56.5 Å². The van der Waals surface area contributed by atoms with E-state index in [-0.39, 0.29) is 11.0 Å². The Morgan fingerprint density at radius 3 is 2.12 bits per heavy atom. The Balaban J connectivity index is 2.05. The van der Waals surface area contributed by atoms with Crippen LogP contribution in [0.15, 0.2) is 45.3 Å². The second-order valence-corrected chi connectivity index (χ2v) is 6.94. The average molecular weight is 487 g/mol. The highest BCUT2D eigenvalue weighted by Gasteiger charge is 2.14. The molecule has 0 aliphatic rings. The van der Waals surface area contributed by atoms with Crippen molar-refractivity contribution < 1.29 is 14.3 Å². The number of amides is 2. The van der Waals surface area contributed by atoms with E-state index in [0.717, 1.165) is 0 Å². The SMILES string of the molecule is COc1c(Br)cc(C(=O)NC(=S)Nc2ccc(C(N)=O)cc2)cc1Br. The molecule has 0 spiro atoms. The number of thiocarbonyl (C=S) groups is 1. The predicted molar refractivity (Wildman–Crippen MR) is 107 cm³/mol. The van der Waals surface area contributed by atoms with Gasteiger partial charge in [-0.05, 0) is 80.5 Å². The van der Waals surface area contributed by atoms with Gasteiger partial charge < -0.3 is 15.8 Å².